The number of nitrogens with zero attached hydrogens (tertiary/aromatic N) is 1. The van der Waals surface area contributed by atoms with Crippen LogP contribution in [0.4, 0.5) is 5.69 Å². The number of rotatable bonds is 6. The summed E-state index contributed by atoms with van der Waals surface area (Å²) >= 11 is 0. The zero-order valence-corrected chi connectivity index (χ0v) is 10.8. The number of benzene rings is 1. The Morgan fingerprint density at radius 2 is 2.06 bits per heavy atom. The van der Waals surface area contributed by atoms with Crippen LogP contribution in [0.1, 0.15) is 18.4 Å². The minimum absolute atomic E-state index is 0.180. The van der Waals surface area contributed by atoms with Gasteiger partial charge in [0.2, 0.25) is 5.91 Å². The van der Waals surface area contributed by atoms with Crippen molar-refractivity contribution in [3.05, 3.63) is 29.8 Å². The average Bonchev–Trinajstić information content (AvgIpc) is 3.17. The average molecular weight is 248 g/mol. The van der Waals surface area contributed by atoms with Crippen LogP contribution in [0.5, 0.6) is 0 Å². The molecule has 2 rings (SSSR count). The van der Waals surface area contributed by atoms with E-state index in [1.165, 1.54) is 0 Å². The minimum atomic E-state index is 0.180. The Hall–Kier alpha value is -1.55. The monoisotopic (exact) mass is 248 g/mol. The molecule has 1 aliphatic rings. The first kappa shape index (κ1) is 12.9. The molecule has 98 valence electrons. The largest absolute Gasteiger partial charge is 0.399 e. The Morgan fingerprint density at radius 3 is 2.61 bits per heavy atom. The number of methoxy groups -OCH3 is 1. The molecule has 0 bridgehead atoms. The molecule has 1 fully saturated rings. The second kappa shape index (κ2) is 5.87. The van der Waals surface area contributed by atoms with E-state index in [2.05, 4.69) is 0 Å². The topological polar surface area (TPSA) is 55.6 Å². The molecular formula is C14H20N2O2. The van der Waals surface area contributed by atoms with Crippen molar-refractivity contribution in [2.24, 2.45) is 0 Å². The molecule has 4 nitrogen and oxygen atoms in total. The Bertz CT molecular complexity index is 399. The number of nitrogen functional groups attached to an aromatic ring is 1. The van der Waals surface area contributed by atoms with Crippen molar-refractivity contribution in [2.75, 3.05) is 26.0 Å². The van der Waals surface area contributed by atoms with Crippen molar-refractivity contribution in [3.63, 3.8) is 0 Å². The van der Waals surface area contributed by atoms with E-state index in [-0.39, 0.29) is 5.91 Å². The summed E-state index contributed by atoms with van der Waals surface area (Å²) in [5.74, 6) is 0.180. The number of hydrogen-bond acceptors (Lipinski definition) is 3. The van der Waals surface area contributed by atoms with Gasteiger partial charge in [-0.1, -0.05) is 12.1 Å². The van der Waals surface area contributed by atoms with Crippen molar-refractivity contribution in [1.29, 1.82) is 0 Å². The molecule has 1 amide bonds. The first-order valence-electron chi connectivity index (χ1n) is 6.33. The van der Waals surface area contributed by atoms with Crippen LogP contribution in [0.2, 0.25) is 0 Å². The summed E-state index contributed by atoms with van der Waals surface area (Å²) in [6.07, 6.45) is 2.69. The Balaban J connectivity index is 1.93. The third kappa shape index (κ3) is 3.47. The van der Waals surface area contributed by atoms with Gasteiger partial charge < -0.3 is 15.4 Å². The third-order valence-corrected chi connectivity index (χ3v) is 3.18. The molecule has 0 unspecified atom stereocenters. The molecule has 0 spiro atoms. The van der Waals surface area contributed by atoms with E-state index in [4.69, 9.17) is 10.5 Å². The summed E-state index contributed by atoms with van der Waals surface area (Å²) < 4.78 is 5.06. The predicted octanol–water partition coefficient (Wildman–Crippen LogP) is 1.45. The molecule has 0 radical (unpaired) electrons. The maximum absolute atomic E-state index is 12.2. The maximum atomic E-state index is 12.2. The van der Waals surface area contributed by atoms with Crippen LogP contribution in [0.25, 0.3) is 0 Å². The van der Waals surface area contributed by atoms with Gasteiger partial charge in [-0.15, -0.1) is 0 Å². The lowest BCUT2D eigenvalue weighted by Crippen LogP contribution is -2.36. The van der Waals surface area contributed by atoms with Crippen LogP contribution in [-0.4, -0.2) is 37.1 Å². The highest BCUT2D eigenvalue weighted by molar-refractivity contribution is 5.79. The van der Waals surface area contributed by atoms with Crippen LogP contribution >= 0.6 is 0 Å². The van der Waals surface area contributed by atoms with E-state index in [0.29, 0.717) is 25.6 Å². The van der Waals surface area contributed by atoms with Crippen molar-refractivity contribution < 1.29 is 9.53 Å². The van der Waals surface area contributed by atoms with Crippen molar-refractivity contribution >= 4 is 11.6 Å². The van der Waals surface area contributed by atoms with Gasteiger partial charge in [-0.2, -0.15) is 0 Å². The van der Waals surface area contributed by atoms with E-state index in [1.54, 1.807) is 7.11 Å². The standard InChI is InChI=1S/C14H20N2O2/c1-18-9-8-16(13-6-7-13)14(17)10-11-2-4-12(15)5-3-11/h2-5,13H,6-10,15H2,1H3. The molecule has 18 heavy (non-hydrogen) atoms. The fourth-order valence-electron chi connectivity index (χ4n) is 2.00. The number of carbonyl (C=O) groups excluding carboxylic acids is 1. The summed E-state index contributed by atoms with van der Waals surface area (Å²) in [5.41, 5.74) is 7.37. The number of hydrogen-bond donors (Lipinski definition) is 1. The predicted molar refractivity (Wildman–Crippen MR) is 71.2 cm³/mol. The van der Waals surface area contributed by atoms with Gasteiger partial charge in [-0.05, 0) is 30.5 Å². The molecule has 0 atom stereocenters. The molecule has 0 aliphatic heterocycles. The van der Waals surface area contributed by atoms with Gasteiger partial charge in [0, 0.05) is 25.4 Å². The summed E-state index contributed by atoms with van der Waals surface area (Å²) in [7, 11) is 1.66. The van der Waals surface area contributed by atoms with Gasteiger partial charge in [-0.25, -0.2) is 0 Å². The number of ether oxygens (including phenoxy) is 1. The van der Waals surface area contributed by atoms with Gasteiger partial charge in [0.1, 0.15) is 0 Å². The summed E-state index contributed by atoms with van der Waals surface area (Å²) in [6, 6.07) is 7.92. The lowest BCUT2D eigenvalue weighted by molar-refractivity contribution is -0.131. The van der Waals surface area contributed by atoms with E-state index in [1.807, 2.05) is 29.2 Å². The first-order chi connectivity index (χ1) is 8.70. The van der Waals surface area contributed by atoms with Crippen LogP contribution in [-0.2, 0) is 16.0 Å². The lowest BCUT2D eigenvalue weighted by Gasteiger charge is -2.22. The normalized spacial score (nSPS) is 14.5. The van der Waals surface area contributed by atoms with Crippen LogP contribution in [0, 0.1) is 0 Å². The summed E-state index contributed by atoms with van der Waals surface area (Å²) in [5, 5.41) is 0. The molecule has 4 heteroatoms. The fraction of sp³-hybridized carbons (Fsp3) is 0.500. The fourth-order valence-corrected chi connectivity index (χ4v) is 2.00. The lowest BCUT2D eigenvalue weighted by atomic mass is 10.1. The van der Waals surface area contributed by atoms with Crippen molar-refractivity contribution in [3.8, 4) is 0 Å². The van der Waals surface area contributed by atoms with Gasteiger partial charge >= 0.3 is 0 Å². The number of amides is 1. The molecule has 1 aromatic rings. The maximum Gasteiger partial charge on any atom is 0.227 e. The smallest absolute Gasteiger partial charge is 0.227 e. The minimum Gasteiger partial charge on any atom is -0.399 e. The molecule has 1 saturated carbocycles. The molecule has 1 aliphatic carbocycles. The van der Waals surface area contributed by atoms with Crippen molar-refractivity contribution in [2.45, 2.75) is 25.3 Å². The second-order valence-corrected chi connectivity index (χ2v) is 4.73. The highest BCUT2D eigenvalue weighted by atomic mass is 16.5. The van der Waals surface area contributed by atoms with Crippen molar-refractivity contribution in [1.82, 2.24) is 4.90 Å². The summed E-state index contributed by atoms with van der Waals surface area (Å²) in [4.78, 5) is 14.2. The third-order valence-electron chi connectivity index (χ3n) is 3.18. The SMILES string of the molecule is COCCN(C(=O)Cc1ccc(N)cc1)C1CC1. The number of carbonyl (C=O) groups is 1. The zero-order chi connectivity index (χ0) is 13.0. The van der Waals surface area contributed by atoms with Gasteiger partial charge in [0.05, 0.1) is 13.0 Å². The van der Waals surface area contributed by atoms with E-state index < -0.39 is 0 Å². The molecular weight excluding hydrogens is 228 g/mol. The Labute approximate surface area is 108 Å². The molecule has 0 aromatic heterocycles. The highest BCUT2D eigenvalue weighted by Crippen LogP contribution is 2.27. The highest BCUT2D eigenvalue weighted by Gasteiger charge is 2.31. The van der Waals surface area contributed by atoms with E-state index in [0.717, 1.165) is 24.1 Å². The quantitative estimate of drug-likeness (QED) is 0.775. The van der Waals surface area contributed by atoms with E-state index in [9.17, 15) is 4.79 Å². The Kier molecular flexibility index (Phi) is 4.20. The Morgan fingerprint density at radius 1 is 1.39 bits per heavy atom. The molecule has 0 heterocycles. The molecule has 2 N–H and O–H groups in total. The first-order valence-corrected chi connectivity index (χ1v) is 6.33. The van der Waals surface area contributed by atoms with Gasteiger partial charge in [0.25, 0.3) is 0 Å². The van der Waals surface area contributed by atoms with Crippen LogP contribution in [0.15, 0.2) is 24.3 Å². The molecule has 0 saturated heterocycles. The van der Waals surface area contributed by atoms with Crippen LogP contribution in [0.3, 0.4) is 0 Å². The number of nitrogens with two attached hydrogens (primary N) is 1. The zero-order valence-electron chi connectivity index (χ0n) is 10.8. The summed E-state index contributed by atoms with van der Waals surface area (Å²) in [6.45, 7) is 1.29. The molecule has 1 aromatic carbocycles. The second-order valence-electron chi connectivity index (χ2n) is 4.73. The van der Waals surface area contributed by atoms with Crippen LogP contribution < -0.4 is 5.73 Å². The number of anilines is 1. The van der Waals surface area contributed by atoms with Gasteiger partial charge in [-0.3, -0.25) is 4.79 Å². The van der Waals surface area contributed by atoms with Gasteiger partial charge in [0.15, 0.2) is 0 Å². The van der Waals surface area contributed by atoms with E-state index >= 15 is 0 Å².